The number of nitrogens with zero attached hydrogens (tertiary/aromatic N) is 1. The van der Waals surface area contributed by atoms with Gasteiger partial charge in [0, 0.05) is 6.54 Å². The van der Waals surface area contributed by atoms with E-state index in [0.29, 0.717) is 6.54 Å². The zero-order valence-electron chi connectivity index (χ0n) is 11.1. The van der Waals surface area contributed by atoms with Gasteiger partial charge in [0.05, 0.1) is 6.04 Å². The fourth-order valence-corrected chi connectivity index (χ4v) is 1.54. The van der Waals surface area contributed by atoms with Crippen molar-refractivity contribution in [2.75, 3.05) is 13.1 Å². The summed E-state index contributed by atoms with van der Waals surface area (Å²) in [7, 11) is 0. The van der Waals surface area contributed by atoms with Gasteiger partial charge in [0.1, 0.15) is 6.54 Å². The molecule has 1 amide bonds. The molecule has 0 fully saturated rings. The Morgan fingerprint density at radius 3 is 2.18 bits per heavy atom. The van der Waals surface area contributed by atoms with Crippen molar-refractivity contribution in [1.82, 2.24) is 4.90 Å². The Labute approximate surface area is 103 Å². The Hall–Kier alpha value is -1.10. The van der Waals surface area contributed by atoms with Crippen LogP contribution in [0.15, 0.2) is 0 Å². The SMILES string of the molecule is CC[C@H](C)[C@H](N)C(=O)N(CC(=O)O)CC(C)C. The number of amides is 1. The summed E-state index contributed by atoms with van der Waals surface area (Å²) in [4.78, 5) is 24.1. The van der Waals surface area contributed by atoms with Crippen molar-refractivity contribution in [2.24, 2.45) is 17.6 Å². The van der Waals surface area contributed by atoms with Crippen LogP contribution in [-0.2, 0) is 9.59 Å². The highest BCUT2D eigenvalue weighted by atomic mass is 16.4. The third-order valence-corrected chi connectivity index (χ3v) is 2.77. The quantitative estimate of drug-likeness (QED) is 0.697. The molecule has 0 unspecified atom stereocenters. The van der Waals surface area contributed by atoms with Crippen LogP contribution in [0.2, 0.25) is 0 Å². The van der Waals surface area contributed by atoms with Gasteiger partial charge in [-0.3, -0.25) is 9.59 Å². The first-order valence-electron chi connectivity index (χ1n) is 6.05. The van der Waals surface area contributed by atoms with Gasteiger partial charge in [-0.05, 0) is 11.8 Å². The summed E-state index contributed by atoms with van der Waals surface area (Å²) in [6.07, 6.45) is 0.801. The number of hydrogen-bond acceptors (Lipinski definition) is 3. The topological polar surface area (TPSA) is 83.6 Å². The lowest BCUT2D eigenvalue weighted by atomic mass is 9.98. The van der Waals surface area contributed by atoms with Gasteiger partial charge in [0.2, 0.25) is 5.91 Å². The minimum Gasteiger partial charge on any atom is -0.480 e. The maximum absolute atomic E-state index is 12.1. The van der Waals surface area contributed by atoms with E-state index in [1.165, 1.54) is 4.90 Å². The van der Waals surface area contributed by atoms with E-state index < -0.39 is 12.0 Å². The standard InChI is InChI=1S/C12H24N2O3/c1-5-9(4)11(13)12(17)14(6-8(2)3)7-10(15)16/h8-9,11H,5-7,13H2,1-4H3,(H,15,16)/t9-,11-/m0/s1. The molecule has 0 bridgehead atoms. The number of carbonyl (C=O) groups is 2. The molecule has 0 aromatic carbocycles. The van der Waals surface area contributed by atoms with Gasteiger partial charge >= 0.3 is 5.97 Å². The predicted octanol–water partition coefficient (Wildman–Crippen LogP) is 0.929. The van der Waals surface area contributed by atoms with E-state index >= 15 is 0 Å². The normalized spacial score (nSPS) is 14.5. The van der Waals surface area contributed by atoms with Crippen molar-refractivity contribution < 1.29 is 14.7 Å². The van der Waals surface area contributed by atoms with Crippen molar-refractivity contribution in [3.05, 3.63) is 0 Å². The van der Waals surface area contributed by atoms with Crippen LogP contribution in [0.4, 0.5) is 0 Å². The van der Waals surface area contributed by atoms with Crippen LogP contribution in [0, 0.1) is 11.8 Å². The minimum atomic E-state index is -1.00. The molecule has 3 N–H and O–H groups in total. The van der Waals surface area contributed by atoms with Crippen molar-refractivity contribution in [1.29, 1.82) is 0 Å². The van der Waals surface area contributed by atoms with E-state index in [1.807, 2.05) is 27.7 Å². The maximum atomic E-state index is 12.1. The van der Waals surface area contributed by atoms with Gasteiger partial charge in [0.15, 0.2) is 0 Å². The van der Waals surface area contributed by atoms with Crippen molar-refractivity contribution in [3.8, 4) is 0 Å². The summed E-state index contributed by atoms with van der Waals surface area (Å²) >= 11 is 0. The predicted molar refractivity (Wildman–Crippen MR) is 66.5 cm³/mol. The van der Waals surface area contributed by atoms with Crippen LogP contribution >= 0.6 is 0 Å². The lowest BCUT2D eigenvalue weighted by Gasteiger charge is -2.28. The fourth-order valence-electron chi connectivity index (χ4n) is 1.54. The minimum absolute atomic E-state index is 0.0611. The van der Waals surface area contributed by atoms with Crippen LogP contribution in [0.5, 0.6) is 0 Å². The Bertz CT molecular complexity index is 266. The highest BCUT2D eigenvalue weighted by molar-refractivity contribution is 5.85. The summed E-state index contributed by atoms with van der Waals surface area (Å²) in [5.41, 5.74) is 5.84. The van der Waals surface area contributed by atoms with Crippen LogP contribution in [-0.4, -0.2) is 41.0 Å². The molecule has 0 spiro atoms. The smallest absolute Gasteiger partial charge is 0.323 e. The average molecular weight is 244 g/mol. The Morgan fingerprint density at radius 1 is 1.29 bits per heavy atom. The lowest BCUT2D eigenvalue weighted by molar-refractivity contribution is -0.145. The molecule has 0 aliphatic carbocycles. The molecule has 0 heterocycles. The van der Waals surface area contributed by atoms with Gasteiger partial charge in [-0.15, -0.1) is 0 Å². The molecule has 0 aromatic heterocycles. The molecule has 0 radical (unpaired) electrons. The van der Waals surface area contributed by atoms with Crippen LogP contribution in [0.25, 0.3) is 0 Å². The van der Waals surface area contributed by atoms with Gasteiger partial charge < -0.3 is 15.7 Å². The molecule has 0 saturated carbocycles. The van der Waals surface area contributed by atoms with E-state index in [2.05, 4.69) is 0 Å². The number of hydrogen-bond donors (Lipinski definition) is 2. The van der Waals surface area contributed by atoms with Gasteiger partial charge in [-0.2, -0.15) is 0 Å². The molecule has 5 nitrogen and oxygen atoms in total. The van der Waals surface area contributed by atoms with E-state index in [1.54, 1.807) is 0 Å². The number of rotatable bonds is 7. The maximum Gasteiger partial charge on any atom is 0.323 e. The van der Waals surface area contributed by atoms with E-state index in [4.69, 9.17) is 10.8 Å². The zero-order chi connectivity index (χ0) is 13.6. The number of nitrogens with two attached hydrogens (primary N) is 1. The van der Waals surface area contributed by atoms with E-state index in [0.717, 1.165) is 6.42 Å². The van der Waals surface area contributed by atoms with Crippen molar-refractivity contribution >= 4 is 11.9 Å². The molecular formula is C12H24N2O3. The van der Waals surface area contributed by atoms with Gasteiger partial charge in [-0.25, -0.2) is 0 Å². The first-order chi connectivity index (χ1) is 7.79. The molecule has 17 heavy (non-hydrogen) atoms. The molecule has 0 aromatic rings. The Kier molecular flexibility index (Phi) is 6.80. The van der Waals surface area contributed by atoms with Crippen molar-refractivity contribution in [2.45, 2.75) is 40.2 Å². The average Bonchev–Trinajstić information content (AvgIpc) is 2.23. The second kappa shape index (κ2) is 7.27. The molecule has 2 atom stereocenters. The lowest BCUT2D eigenvalue weighted by Crippen LogP contribution is -2.49. The number of carboxylic acid groups (broad SMARTS) is 1. The molecular weight excluding hydrogens is 220 g/mol. The van der Waals surface area contributed by atoms with Crippen LogP contribution in [0.1, 0.15) is 34.1 Å². The zero-order valence-corrected chi connectivity index (χ0v) is 11.1. The monoisotopic (exact) mass is 244 g/mol. The largest absolute Gasteiger partial charge is 0.480 e. The summed E-state index contributed by atoms with van der Waals surface area (Å²) in [5, 5.41) is 8.79. The molecule has 100 valence electrons. The number of carbonyl (C=O) groups excluding carboxylic acids is 1. The summed E-state index contributed by atoms with van der Waals surface area (Å²) in [6.45, 7) is 7.89. The van der Waals surface area contributed by atoms with E-state index in [-0.39, 0.29) is 24.3 Å². The Morgan fingerprint density at radius 2 is 1.82 bits per heavy atom. The summed E-state index contributed by atoms with van der Waals surface area (Å²) < 4.78 is 0. The number of aliphatic carboxylic acids is 1. The molecule has 0 aliphatic rings. The molecule has 5 heteroatoms. The fraction of sp³-hybridized carbons (Fsp3) is 0.833. The molecule has 0 rings (SSSR count). The molecule has 0 aliphatic heterocycles. The first kappa shape index (κ1) is 15.9. The summed E-state index contributed by atoms with van der Waals surface area (Å²) in [6, 6.07) is -0.613. The summed E-state index contributed by atoms with van der Waals surface area (Å²) in [5.74, 6) is -0.987. The van der Waals surface area contributed by atoms with E-state index in [9.17, 15) is 9.59 Å². The second-order valence-corrected chi connectivity index (χ2v) is 4.92. The highest BCUT2D eigenvalue weighted by Crippen LogP contribution is 2.10. The van der Waals surface area contributed by atoms with Gasteiger partial charge in [-0.1, -0.05) is 34.1 Å². The third kappa shape index (κ3) is 5.68. The second-order valence-electron chi connectivity index (χ2n) is 4.92. The highest BCUT2D eigenvalue weighted by Gasteiger charge is 2.26. The third-order valence-electron chi connectivity index (χ3n) is 2.77. The first-order valence-corrected chi connectivity index (χ1v) is 6.05. The van der Waals surface area contributed by atoms with Gasteiger partial charge in [0.25, 0.3) is 0 Å². The van der Waals surface area contributed by atoms with Crippen LogP contribution < -0.4 is 5.73 Å². The van der Waals surface area contributed by atoms with Crippen LogP contribution in [0.3, 0.4) is 0 Å². The van der Waals surface area contributed by atoms with Crippen molar-refractivity contribution in [3.63, 3.8) is 0 Å². The Balaban J connectivity index is 4.66. The number of carboxylic acids is 1. The molecule has 0 saturated heterocycles.